The van der Waals surface area contributed by atoms with Crippen LogP contribution in [0.3, 0.4) is 0 Å². The first-order valence-electron chi connectivity index (χ1n) is 12.9. The van der Waals surface area contributed by atoms with E-state index >= 15 is 0 Å². The number of aryl methyl sites for hydroxylation is 1. The maximum Gasteiger partial charge on any atom is 0.238 e. The third-order valence-corrected chi connectivity index (χ3v) is 8.46. The zero-order valence-electron chi connectivity index (χ0n) is 21.8. The number of carbonyl (C=O) groups is 3. The molecule has 3 aromatic carbocycles. The van der Waals surface area contributed by atoms with Crippen molar-refractivity contribution in [2.24, 2.45) is 11.3 Å². The minimum atomic E-state index is -1.29. The number of fused-ring (bicyclic) bond motifs is 6. The van der Waals surface area contributed by atoms with Crippen molar-refractivity contribution < 1.29 is 14.4 Å². The van der Waals surface area contributed by atoms with Gasteiger partial charge in [-0.15, -0.1) is 0 Å². The lowest BCUT2D eigenvalue weighted by Crippen LogP contribution is -2.51. The number of nitrogens with one attached hydrogen (secondary N) is 1. The molecule has 1 fully saturated rings. The van der Waals surface area contributed by atoms with Crippen molar-refractivity contribution in [1.29, 1.82) is 0 Å². The Labute approximate surface area is 227 Å². The van der Waals surface area contributed by atoms with E-state index in [1.54, 1.807) is 18.2 Å². The second-order valence-corrected chi connectivity index (χ2v) is 12.0. The van der Waals surface area contributed by atoms with Gasteiger partial charge in [0.2, 0.25) is 5.91 Å². The van der Waals surface area contributed by atoms with E-state index in [9.17, 15) is 14.4 Å². The molecule has 3 aromatic rings. The third-order valence-electron chi connectivity index (χ3n) is 8.22. The van der Waals surface area contributed by atoms with Gasteiger partial charge in [0.05, 0.1) is 12.0 Å². The molecule has 0 aromatic heterocycles. The standard InChI is InChI=1S/C32H29ClN2O3/c1-18-9-11-19(12-10-18)28(36)26-27(29(37)31(2,3)4)35-24-15-14-21(33)17-20(24)13-16-25(35)32(26)22-7-5-6-8-23(22)34-30(32)38/h5-17,25-27H,1-4H3,(H,34,38)/t25-,26-,27+,32-/m0/s1. The van der Waals surface area contributed by atoms with Crippen LogP contribution in [0, 0.1) is 18.3 Å². The van der Waals surface area contributed by atoms with Gasteiger partial charge in [0, 0.05) is 27.4 Å². The van der Waals surface area contributed by atoms with E-state index in [4.69, 9.17) is 11.6 Å². The largest absolute Gasteiger partial charge is 0.352 e. The van der Waals surface area contributed by atoms with Crippen LogP contribution in [0.1, 0.15) is 47.8 Å². The Hall–Kier alpha value is -3.70. The van der Waals surface area contributed by atoms with Gasteiger partial charge in [0.15, 0.2) is 11.6 Å². The lowest BCUT2D eigenvalue weighted by atomic mass is 9.63. The van der Waals surface area contributed by atoms with E-state index in [-0.39, 0.29) is 17.5 Å². The van der Waals surface area contributed by atoms with Gasteiger partial charge >= 0.3 is 0 Å². The number of para-hydroxylation sites is 1. The molecule has 0 unspecified atom stereocenters. The van der Waals surface area contributed by atoms with E-state index < -0.39 is 28.8 Å². The number of hydrogen-bond acceptors (Lipinski definition) is 4. The van der Waals surface area contributed by atoms with Crippen LogP contribution in [0.5, 0.6) is 0 Å². The molecule has 0 saturated carbocycles. The lowest BCUT2D eigenvalue weighted by molar-refractivity contribution is -0.128. The van der Waals surface area contributed by atoms with Gasteiger partial charge in [-0.2, -0.15) is 0 Å². The molecule has 0 radical (unpaired) electrons. The van der Waals surface area contributed by atoms with Crippen molar-refractivity contribution in [2.75, 3.05) is 10.2 Å². The highest BCUT2D eigenvalue weighted by atomic mass is 35.5. The summed E-state index contributed by atoms with van der Waals surface area (Å²) in [6.07, 6.45) is 3.92. The van der Waals surface area contributed by atoms with Crippen molar-refractivity contribution in [3.05, 3.63) is 100 Å². The number of rotatable bonds is 3. The molecular weight excluding hydrogens is 496 g/mol. The highest BCUT2D eigenvalue weighted by molar-refractivity contribution is 6.31. The van der Waals surface area contributed by atoms with Crippen LogP contribution in [0.15, 0.2) is 72.8 Å². The van der Waals surface area contributed by atoms with Crippen molar-refractivity contribution in [3.8, 4) is 0 Å². The molecule has 4 atom stereocenters. The number of ketones is 2. The summed E-state index contributed by atoms with van der Waals surface area (Å²) in [6.45, 7) is 7.57. The highest BCUT2D eigenvalue weighted by Crippen LogP contribution is 2.58. The Morgan fingerprint density at radius 1 is 1.00 bits per heavy atom. The molecule has 192 valence electrons. The van der Waals surface area contributed by atoms with Crippen LogP contribution < -0.4 is 10.2 Å². The summed E-state index contributed by atoms with van der Waals surface area (Å²) in [4.78, 5) is 45.3. The summed E-state index contributed by atoms with van der Waals surface area (Å²) in [5.74, 6) is -1.50. The fourth-order valence-corrected chi connectivity index (χ4v) is 6.67. The van der Waals surface area contributed by atoms with E-state index in [0.29, 0.717) is 16.3 Å². The number of nitrogens with zero attached hydrogens (tertiary/aromatic N) is 1. The number of amides is 1. The molecule has 1 N–H and O–H groups in total. The molecule has 0 aliphatic carbocycles. The summed E-state index contributed by atoms with van der Waals surface area (Å²) < 4.78 is 0. The Morgan fingerprint density at radius 2 is 1.71 bits per heavy atom. The summed E-state index contributed by atoms with van der Waals surface area (Å²) in [6, 6.07) is 19.0. The van der Waals surface area contributed by atoms with Crippen LogP contribution in [0.4, 0.5) is 11.4 Å². The Kier molecular flexibility index (Phi) is 5.45. The zero-order chi connectivity index (χ0) is 27.0. The van der Waals surface area contributed by atoms with E-state index in [1.807, 2.05) is 93.3 Å². The molecule has 1 amide bonds. The summed E-state index contributed by atoms with van der Waals surface area (Å²) in [7, 11) is 0. The van der Waals surface area contributed by atoms with E-state index in [2.05, 4.69) is 5.32 Å². The molecule has 0 bridgehead atoms. The monoisotopic (exact) mass is 524 g/mol. The van der Waals surface area contributed by atoms with Crippen molar-refractivity contribution in [2.45, 2.75) is 45.2 Å². The smallest absolute Gasteiger partial charge is 0.238 e. The summed E-state index contributed by atoms with van der Waals surface area (Å²) in [5, 5.41) is 3.64. The van der Waals surface area contributed by atoms with Crippen LogP contribution in [-0.4, -0.2) is 29.6 Å². The summed E-state index contributed by atoms with van der Waals surface area (Å²) in [5.41, 5.74) is 2.54. The maximum absolute atomic E-state index is 14.6. The Bertz CT molecular complexity index is 1530. The molecule has 1 saturated heterocycles. The predicted octanol–water partition coefficient (Wildman–Crippen LogP) is 6.24. The van der Waals surface area contributed by atoms with Crippen LogP contribution >= 0.6 is 11.6 Å². The van der Waals surface area contributed by atoms with Gasteiger partial charge in [-0.1, -0.05) is 92.6 Å². The van der Waals surface area contributed by atoms with Gasteiger partial charge in [0.25, 0.3) is 0 Å². The topological polar surface area (TPSA) is 66.5 Å². The first-order valence-corrected chi connectivity index (χ1v) is 13.2. The first kappa shape index (κ1) is 24.6. The van der Waals surface area contributed by atoms with Crippen LogP contribution in [-0.2, 0) is 15.0 Å². The third kappa shape index (κ3) is 3.34. The van der Waals surface area contributed by atoms with Crippen molar-refractivity contribution >= 4 is 46.5 Å². The second kappa shape index (κ2) is 8.40. The number of benzene rings is 3. The number of hydrogen-bond donors (Lipinski definition) is 1. The molecule has 3 heterocycles. The van der Waals surface area contributed by atoms with Crippen molar-refractivity contribution in [1.82, 2.24) is 0 Å². The number of carbonyl (C=O) groups excluding carboxylic acids is 3. The van der Waals surface area contributed by atoms with Gasteiger partial charge in [-0.3, -0.25) is 14.4 Å². The lowest BCUT2D eigenvalue weighted by Gasteiger charge is -2.38. The molecule has 3 aliphatic rings. The summed E-state index contributed by atoms with van der Waals surface area (Å²) >= 11 is 6.34. The predicted molar refractivity (Wildman–Crippen MR) is 151 cm³/mol. The van der Waals surface area contributed by atoms with Crippen molar-refractivity contribution in [3.63, 3.8) is 0 Å². The average Bonchev–Trinajstić information content (AvgIpc) is 3.35. The Morgan fingerprint density at radius 3 is 2.42 bits per heavy atom. The molecule has 3 aliphatic heterocycles. The molecule has 1 spiro atoms. The first-order chi connectivity index (χ1) is 18.0. The molecule has 38 heavy (non-hydrogen) atoms. The van der Waals surface area contributed by atoms with E-state index in [1.165, 1.54) is 0 Å². The number of halogens is 1. The minimum Gasteiger partial charge on any atom is -0.352 e. The number of anilines is 2. The average molecular weight is 525 g/mol. The molecule has 6 rings (SSSR count). The van der Waals surface area contributed by atoms with Crippen LogP contribution in [0.2, 0.25) is 5.02 Å². The van der Waals surface area contributed by atoms with Gasteiger partial charge in [-0.25, -0.2) is 0 Å². The second-order valence-electron chi connectivity index (χ2n) is 11.6. The molecule has 5 nitrogen and oxygen atoms in total. The fourth-order valence-electron chi connectivity index (χ4n) is 6.49. The Balaban J connectivity index is 1.68. The fraction of sp³-hybridized carbons (Fsp3) is 0.281. The molecule has 6 heteroatoms. The molecular formula is C32H29ClN2O3. The van der Waals surface area contributed by atoms with E-state index in [0.717, 1.165) is 22.4 Å². The van der Waals surface area contributed by atoms with Gasteiger partial charge < -0.3 is 10.2 Å². The SMILES string of the molecule is Cc1ccc(C(=O)[C@@H]2[C@H](C(=O)C(C)(C)C)N3c4ccc(Cl)cc4C=C[C@H]3[C@]23C(=O)Nc2ccccc23)cc1. The number of Topliss-reactive ketones (excluding diaryl/α,β-unsaturated/α-hetero) is 2. The maximum atomic E-state index is 14.6. The zero-order valence-corrected chi connectivity index (χ0v) is 22.5. The normalized spacial score (nSPS) is 25.1. The quantitative estimate of drug-likeness (QED) is 0.412. The van der Waals surface area contributed by atoms with Crippen LogP contribution in [0.25, 0.3) is 6.08 Å². The minimum absolute atomic E-state index is 0.0850. The highest BCUT2D eigenvalue weighted by Gasteiger charge is 2.70. The van der Waals surface area contributed by atoms with Gasteiger partial charge in [0.1, 0.15) is 11.5 Å². The van der Waals surface area contributed by atoms with Gasteiger partial charge in [-0.05, 0) is 42.3 Å².